The Balaban J connectivity index is 1.70. The molecule has 22 heavy (non-hydrogen) atoms. The topological polar surface area (TPSA) is 66.2 Å². The Morgan fingerprint density at radius 2 is 2.09 bits per heavy atom. The van der Waals surface area contributed by atoms with Crippen LogP contribution in [-0.2, 0) is 27.2 Å². The van der Waals surface area contributed by atoms with Crippen LogP contribution in [0.3, 0.4) is 0 Å². The van der Waals surface area contributed by atoms with Crippen LogP contribution in [0.25, 0.3) is 0 Å². The summed E-state index contributed by atoms with van der Waals surface area (Å²) in [5.41, 5.74) is 0.642. The number of carbonyl (C=O) groups is 1. The van der Waals surface area contributed by atoms with E-state index in [1.54, 1.807) is 0 Å². The molecule has 3 rings (SSSR count). The van der Waals surface area contributed by atoms with Crippen LogP contribution >= 0.6 is 0 Å². The van der Waals surface area contributed by atoms with Gasteiger partial charge >= 0.3 is 5.97 Å². The van der Waals surface area contributed by atoms with Crippen LogP contribution in [0.4, 0.5) is 0 Å². The van der Waals surface area contributed by atoms with Gasteiger partial charge in [0.1, 0.15) is 0 Å². The van der Waals surface area contributed by atoms with Gasteiger partial charge in [0.25, 0.3) is 0 Å². The number of methoxy groups -OCH3 is 1. The van der Waals surface area contributed by atoms with Crippen molar-refractivity contribution in [1.82, 2.24) is 15.0 Å². The van der Waals surface area contributed by atoms with Crippen molar-refractivity contribution in [2.75, 3.05) is 20.3 Å². The Hall–Kier alpha value is -1.43. The van der Waals surface area contributed by atoms with Crippen molar-refractivity contribution in [3.05, 3.63) is 11.9 Å². The number of aromatic nitrogens is 3. The summed E-state index contributed by atoms with van der Waals surface area (Å²) in [6.07, 6.45) is 7.74. The molecule has 6 nitrogen and oxygen atoms in total. The Morgan fingerprint density at radius 1 is 1.36 bits per heavy atom. The van der Waals surface area contributed by atoms with Crippen LogP contribution in [0.5, 0.6) is 0 Å². The standard InChI is InChI=1S/C16H25N3O3/c1-15(11-22-12-15)10-19-9-13(17-18-19)8-16(14(20)21-2)6-4-3-5-7-16/h9H,3-8,10-12H2,1-2H3. The van der Waals surface area contributed by atoms with E-state index in [0.29, 0.717) is 6.42 Å². The third-order valence-electron chi connectivity index (χ3n) is 4.98. The minimum absolute atomic E-state index is 0.0962. The number of nitrogens with zero attached hydrogens (tertiary/aromatic N) is 3. The smallest absolute Gasteiger partial charge is 0.312 e. The molecule has 0 radical (unpaired) electrons. The summed E-state index contributed by atoms with van der Waals surface area (Å²) >= 11 is 0. The zero-order valence-electron chi connectivity index (χ0n) is 13.5. The van der Waals surface area contributed by atoms with Gasteiger partial charge in [-0.3, -0.25) is 9.48 Å². The minimum Gasteiger partial charge on any atom is -0.469 e. The maximum absolute atomic E-state index is 12.3. The normalized spacial score (nSPS) is 22.8. The van der Waals surface area contributed by atoms with Gasteiger partial charge in [0, 0.05) is 18.0 Å². The van der Waals surface area contributed by atoms with Crippen molar-refractivity contribution in [3.8, 4) is 0 Å². The molecule has 0 amide bonds. The molecule has 122 valence electrons. The van der Waals surface area contributed by atoms with Crippen LogP contribution in [-0.4, -0.2) is 41.3 Å². The van der Waals surface area contributed by atoms with E-state index in [2.05, 4.69) is 17.2 Å². The zero-order chi connectivity index (χ0) is 15.6. The number of rotatable bonds is 5. The first-order chi connectivity index (χ1) is 10.6. The zero-order valence-corrected chi connectivity index (χ0v) is 13.5. The lowest BCUT2D eigenvalue weighted by molar-refractivity contribution is -0.155. The van der Waals surface area contributed by atoms with Crippen molar-refractivity contribution in [3.63, 3.8) is 0 Å². The Labute approximate surface area is 131 Å². The molecule has 2 heterocycles. The largest absolute Gasteiger partial charge is 0.469 e. The Kier molecular flexibility index (Phi) is 4.21. The fourth-order valence-corrected chi connectivity index (χ4v) is 3.67. The summed E-state index contributed by atoms with van der Waals surface area (Å²) in [6, 6.07) is 0. The molecular weight excluding hydrogens is 282 g/mol. The summed E-state index contributed by atoms with van der Waals surface area (Å²) in [7, 11) is 1.48. The lowest BCUT2D eigenvalue weighted by atomic mass is 9.71. The van der Waals surface area contributed by atoms with Crippen molar-refractivity contribution in [2.24, 2.45) is 10.8 Å². The monoisotopic (exact) mass is 307 g/mol. The van der Waals surface area contributed by atoms with E-state index in [1.807, 2.05) is 10.9 Å². The highest BCUT2D eigenvalue weighted by molar-refractivity contribution is 5.77. The lowest BCUT2D eigenvalue weighted by Crippen LogP contribution is -2.43. The molecule has 0 N–H and O–H groups in total. The number of hydrogen-bond acceptors (Lipinski definition) is 5. The predicted molar refractivity (Wildman–Crippen MR) is 80.2 cm³/mol. The summed E-state index contributed by atoms with van der Waals surface area (Å²) < 4.78 is 12.2. The highest BCUT2D eigenvalue weighted by Gasteiger charge is 2.41. The highest BCUT2D eigenvalue weighted by atomic mass is 16.5. The highest BCUT2D eigenvalue weighted by Crippen LogP contribution is 2.40. The van der Waals surface area contributed by atoms with Gasteiger partial charge in [-0.15, -0.1) is 5.10 Å². The Morgan fingerprint density at radius 3 is 2.68 bits per heavy atom. The minimum atomic E-state index is -0.405. The van der Waals surface area contributed by atoms with Crippen molar-refractivity contribution >= 4 is 5.97 Å². The number of hydrogen-bond donors (Lipinski definition) is 0. The van der Waals surface area contributed by atoms with E-state index < -0.39 is 5.41 Å². The van der Waals surface area contributed by atoms with Crippen molar-refractivity contribution in [2.45, 2.75) is 52.0 Å². The molecule has 6 heteroatoms. The van der Waals surface area contributed by atoms with E-state index in [1.165, 1.54) is 13.5 Å². The van der Waals surface area contributed by atoms with Gasteiger partial charge < -0.3 is 9.47 Å². The van der Waals surface area contributed by atoms with Gasteiger partial charge in [-0.2, -0.15) is 0 Å². The summed E-state index contributed by atoms with van der Waals surface area (Å²) in [5, 5.41) is 8.50. The maximum Gasteiger partial charge on any atom is 0.312 e. The Bertz CT molecular complexity index is 530. The maximum atomic E-state index is 12.3. The fraction of sp³-hybridized carbons (Fsp3) is 0.812. The molecule has 2 aliphatic rings. The lowest BCUT2D eigenvalue weighted by Gasteiger charge is -2.37. The molecule has 0 spiro atoms. The fourth-order valence-electron chi connectivity index (χ4n) is 3.67. The predicted octanol–water partition coefficient (Wildman–Crippen LogP) is 1.98. The van der Waals surface area contributed by atoms with Crippen LogP contribution in [0.1, 0.15) is 44.7 Å². The van der Waals surface area contributed by atoms with Gasteiger partial charge in [-0.05, 0) is 12.8 Å². The van der Waals surface area contributed by atoms with Crippen molar-refractivity contribution < 1.29 is 14.3 Å². The molecule has 1 aromatic heterocycles. The summed E-state index contributed by atoms with van der Waals surface area (Å²) in [5.74, 6) is -0.0962. The van der Waals surface area contributed by atoms with E-state index in [0.717, 1.165) is 51.1 Å². The van der Waals surface area contributed by atoms with Crippen LogP contribution in [0.15, 0.2) is 6.20 Å². The van der Waals surface area contributed by atoms with Gasteiger partial charge in [0.15, 0.2) is 0 Å². The van der Waals surface area contributed by atoms with Gasteiger partial charge in [0.05, 0.1) is 38.0 Å². The molecule has 0 bridgehead atoms. The van der Waals surface area contributed by atoms with E-state index in [9.17, 15) is 4.79 Å². The third kappa shape index (κ3) is 3.02. The average Bonchev–Trinajstić information content (AvgIpc) is 2.92. The molecular formula is C16H25N3O3. The van der Waals surface area contributed by atoms with Crippen molar-refractivity contribution in [1.29, 1.82) is 0 Å². The summed E-state index contributed by atoms with van der Waals surface area (Å²) in [6.45, 7) is 4.54. The van der Waals surface area contributed by atoms with Gasteiger partial charge in [-0.1, -0.05) is 31.4 Å². The first-order valence-corrected chi connectivity index (χ1v) is 8.11. The molecule has 1 saturated heterocycles. The second-order valence-electron chi connectivity index (χ2n) is 7.22. The first kappa shape index (κ1) is 15.5. The molecule has 0 aromatic carbocycles. The molecule has 0 unspecified atom stereocenters. The van der Waals surface area contributed by atoms with E-state index in [4.69, 9.17) is 9.47 Å². The van der Waals surface area contributed by atoms with Gasteiger partial charge in [-0.25, -0.2) is 0 Å². The van der Waals surface area contributed by atoms with E-state index in [-0.39, 0.29) is 11.4 Å². The second-order valence-corrected chi connectivity index (χ2v) is 7.22. The van der Waals surface area contributed by atoms with Crippen LogP contribution in [0.2, 0.25) is 0 Å². The first-order valence-electron chi connectivity index (χ1n) is 8.11. The third-order valence-corrected chi connectivity index (χ3v) is 4.98. The van der Waals surface area contributed by atoms with Crippen LogP contribution in [0, 0.1) is 10.8 Å². The van der Waals surface area contributed by atoms with Crippen LogP contribution < -0.4 is 0 Å². The SMILES string of the molecule is COC(=O)C1(Cc2cn(CC3(C)COC3)nn2)CCCCC1. The molecule has 0 atom stereocenters. The second kappa shape index (κ2) is 5.99. The number of carbonyl (C=O) groups excluding carboxylic acids is 1. The molecule has 1 aliphatic carbocycles. The molecule has 1 aromatic rings. The molecule has 1 saturated carbocycles. The number of ether oxygens (including phenoxy) is 2. The number of esters is 1. The van der Waals surface area contributed by atoms with Gasteiger partial charge in [0.2, 0.25) is 0 Å². The van der Waals surface area contributed by atoms with E-state index >= 15 is 0 Å². The quantitative estimate of drug-likeness (QED) is 0.778. The average molecular weight is 307 g/mol. The molecule has 2 fully saturated rings. The molecule has 1 aliphatic heterocycles. The summed E-state index contributed by atoms with van der Waals surface area (Å²) in [4.78, 5) is 12.3.